The molecule has 10 atom stereocenters. The van der Waals surface area contributed by atoms with Crippen LogP contribution < -0.4 is 16.4 Å². The summed E-state index contributed by atoms with van der Waals surface area (Å²) >= 11 is 0. The maximum atomic E-state index is 14.6. The van der Waals surface area contributed by atoms with Gasteiger partial charge in [0.2, 0.25) is 12.1 Å². The van der Waals surface area contributed by atoms with Gasteiger partial charge in [-0.15, -0.1) is 6.58 Å². The molecule has 0 bridgehead atoms. The van der Waals surface area contributed by atoms with Crippen LogP contribution in [0.25, 0.3) is 0 Å². The number of nitrogens with one attached hydrogen (secondary N) is 2. The molecule has 65 heavy (non-hydrogen) atoms. The molecule has 2 spiro atoms. The number of nitrogens with two attached hydrogens (primary N) is 1. The number of aliphatic hydroxyl groups excluding tert-OH is 4. The quantitative estimate of drug-likeness (QED) is 0.0215. The Hall–Kier alpha value is -3.89. The SMILES string of the molecule is C=CC1C(OC2OC(CO)C(O)C(O)(O)C2OC(C)C)OC=C(C(=O)OC2CCC3(CCC4(CCCC4)C3CNC)C2)C1C=CC1=C(NC(N)=NCCCO)C(C(=O)O)=CN(CCO)C1. The number of guanidine groups is 1. The zero-order valence-corrected chi connectivity index (χ0v) is 37.8. The largest absolute Gasteiger partial charge is 0.478 e. The van der Waals surface area contributed by atoms with Gasteiger partial charge in [0.15, 0.2) is 18.4 Å². The lowest BCUT2D eigenvalue weighted by molar-refractivity contribution is -0.413. The molecule has 11 N–H and O–H groups in total. The Balaban J connectivity index is 1.36. The summed E-state index contributed by atoms with van der Waals surface area (Å²) in [5.41, 5.74) is 7.01. The number of carboxylic acids is 1. The molecular weight excluding hydrogens is 847 g/mol. The normalized spacial score (nSPS) is 33.5. The molecule has 0 aromatic heterocycles. The van der Waals surface area contributed by atoms with Crippen molar-refractivity contribution in [2.24, 2.45) is 39.3 Å². The summed E-state index contributed by atoms with van der Waals surface area (Å²) in [7, 11) is 2.00. The first-order valence-corrected chi connectivity index (χ1v) is 23.0. The van der Waals surface area contributed by atoms with E-state index in [4.69, 9.17) is 29.4 Å². The molecule has 3 heterocycles. The molecule has 10 unspecified atom stereocenters. The summed E-state index contributed by atoms with van der Waals surface area (Å²) in [6.07, 6.45) is 8.28. The molecule has 364 valence electrons. The second-order valence-corrected chi connectivity index (χ2v) is 18.7. The van der Waals surface area contributed by atoms with Crippen LogP contribution in [0.2, 0.25) is 0 Å². The van der Waals surface area contributed by atoms with Gasteiger partial charge in [0.1, 0.15) is 18.3 Å². The first-order chi connectivity index (χ1) is 31.1. The van der Waals surface area contributed by atoms with Gasteiger partial charge in [-0.05, 0) is 101 Å². The first-order valence-electron chi connectivity index (χ1n) is 23.0. The Morgan fingerprint density at radius 3 is 2.48 bits per heavy atom. The number of nitrogens with zero attached hydrogens (tertiary/aromatic N) is 2. The predicted octanol–water partition coefficient (Wildman–Crippen LogP) is 0.860. The Morgan fingerprint density at radius 2 is 1.83 bits per heavy atom. The molecule has 19 nitrogen and oxygen atoms in total. The standard InChI is InChI=1S/C46H71N5O14/c1-5-30-31(10-9-28-23-51(18-20-53)24-32(39(56)57)36(28)50-43(47)49-17-8-19-52)33(26-61-41(30)65-42-38(62-27(2)3)46(59,60)37(55)34(25-54)64-42)40(58)63-29-11-14-45(21-29)16-15-44(12-6-7-13-44)35(45)22-48-4/h5,9-10,24,26-27,29-31,34-35,37-38,41-42,48,52-55,59-60H,1,6-8,11-23,25H2,2-4H3,(H,56,57)(H3,47,49,50). The molecule has 3 aliphatic carbocycles. The average Bonchev–Trinajstić information content (AvgIpc) is 3.99. The van der Waals surface area contributed by atoms with E-state index in [0.29, 0.717) is 29.7 Å². The fraction of sp³-hybridized carbons (Fsp3) is 0.717. The summed E-state index contributed by atoms with van der Waals surface area (Å²) in [6.45, 7) is 7.44. The van der Waals surface area contributed by atoms with E-state index in [0.717, 1.165) is 25.8 Å². The minimum Gasteiger partial charge on any atom is -0.478 e. The van der Waals surface area contributed by atoms with Crippen molar-refractivity contribution < 1.29 is 69.0 Å². The monoisotopic (exact) mass is 917 g/mol. The van der Waals surface area contributed by atoms with E-state index < -0.39 is 73.2 Å². The van der Waals surface area contributed by atoms with E-state index in [2.05, 4.69) is 22.2 Å². The van der Waals surface area contributed by atoms with Crippen LogP contribution in [0.3, 0.4) is 0 Å². The van der Waals surface area contributed by atoms with Crippen molar-refractivity contribution >= 4 is 17.9 Å². The van der Waals surface area contributed by atoms with Crippen LogP contribution in [0.5, 0.6) is 0 Å². The number of aliphatic carboxylic acids is 1. The summed E-state index contributed by atoms with van der Waals surface area (Å²) in [5, 5.41) is 78.8. The minimum atomic E-state index is -2.93. The van der Waals surface area contributed by atoms with Crippen LogP contribution in [0.1, 0.15) is 78.1 Å². The van der Waals surface area contributed by atoms with Gasteiger partial charge in [-0.3, -0.25) is 4.99 Å². The number of carboxylic acid groups (broad SMARTS) is 1. The fourth-order valence-corrected chi connectivity index (χ4v) is 11.2. The number of ether oxygens (including phenoxy) is 5. The lowest BCUT2D eigenvalue weighted by Crippen LogP contribution is -2.69. The molecule has 6 aliphatic rings. The summed E-state index contributed by atoms with van der Waals surface area (Å²) in [6, 6.07) is 0. The Labute approximate surface area is 380 Å². The van der Waals surface area contributed by atoms with Crippen molar-refractivity contribution in [2.45, 2.75) is 127 Å². The number of allylic oxidation sites excluding steroid dienone is 1. The molecule has 4 fully saturated rings. The Kier molecular flexibility index (Phi) is 17.0. The number of aliphatic hydroxyl groups is 6. The Bertz CT molecular complexity index is 1840. The molecule has 3 aliphatic heterocycles. The fourth-order valence-electron chi connectivity index (χ4n) is 11.2. The maximum absolute atomic E-state index is 14.6. The molecule has 0 aromatic rings. The summed E-state index contributed by atoms with van der Waals surface area (Å²) < 4.78 is 30.5. The number of β-amino-alcohol motifs (C(OH)–C–C–N with tert-alkyl or cyclic N) is 1. The van der Waals surface area contributed by atoms with Gasteiger partial charge in [-0.1, -0.05) is 31.1 Å². The van der Waals surface area contributed by atoms with E-state index in [9.17, 15) is 45.3 Å². The number of esters is 1. The molecule has 19 heteroatoms. The van der Waals surface area contributed by atoms with Crippen LogP contribution in [0.4, 0.5) is 0 Å². The van der Waals surface area contributed by atoms with Gasteiger partial charge >= 0.3 is 11.9 Å². The average molecular weight is 918 g/mol. The third-order valence-corrected chi connectivity index (χ3v) is 14.3. The van der Waals surface area contributed by atoms with Crippen molar-refractivity contribution in [3.05, 3.63) is 59.7 Å². The van der Waals surface area contributed by atoms with Crippen LogP contribution in [-0.2, 0) is 33.3 Å². The van der Waals surface area contributed by atoms with Gasteiger partial charge in [0, 0.05) is 38.4 Å². The highest BCUT2D eigenvalue weighted by molar-refractivity contribution is 5.95. The maximum Gasteiger partial charge on any atom is 0.339 e. The number of hydrogen-bond acceptors (Lipinski definition) is 16. The van der Waals surface area contributed by atoms with Crippen molar-refractivity contribution in [2.75, 3.05) is 53.0 Å². The third kappa shape index (κ3) is 11.0. The summed E-state index contributed by atoms with van der Waals surface area (Å²) in [4.78, 5) is 33.1. The van der Waals surface area contributed by atoms with Gasteiger partial charge in [-0.25, -0.2) is 9.59 Å². The van der Waals surface area contributed by atoms with Crippen LogP contribution in [-0.4, -0.2) is 160 Å². The number of carbonyl (C=O) groups excluding carboxylic acids is 1. The first kappa shape index (κ1) is 50.5. The number of rotatable bonds is 19. The second-order valence-electron chi connectivity index (χ2n) is 18.7. The highest BCUT2D eigenvalue weighted by Gasteiger charge is 2.60. The zero-order valence-electron chi connectivity index (χ0n) is 37.8. The zero-order chi connectivity index (χ0) is 47.1. The molecule has 0 amide bonds. The van der Waals surface area contributed by atoms with E-state index >= 15 is 0 Å². The van der Waals surface area contributed by atoms with Gasteiger partial charge in [0.25, 0.3) is 0 Å². The van der Waals surface area contributed by atoms with Crippen molar-refractivity contribution in [3.63, 3.8) is 0 Å². The predicted molar refractivity (Wildman–Crippen MR) is 236 cm³/mol. The third-order valence-electron chi connectivity index (χ3n) is 14.3. The van der Waals surface area contributed by atoms with E-state index in [1.165, 1.54) is 50.6 Å². The van der Waals surface area contributed by atoms with Crippen LogP contribution >= 0.6 is 0 Å². The van der Waals surface area contributed by atoms with Crippen LogP contribution in [0, 0.1) is 28.6 Å². The smallest absolute Gasteiger partial charge is 0.339 e. The highest BCUT2D eigenvalue weighted by Crippen LogP contribution is 2.66. The topological polar surface area (TPSA) is 288 Å². The lowest BCUT2D eigenvalue weighted by Gasteiger charge is -2.48. The molecule has 6 rings (SSSR count). The molecule has 0 aromatic carbocycles. The lowest BCUT2D eigenvalue weighted by atomic mass is 9.67. The van der Waals surface area contributed by atoms with E-state index in [-0.39, 0.29) is 67.2 Å². The van der Waals surface area contributed by atoms with Crippen molar-refractivity contribution in [3.8, 4) is 0 Å². The van der Waals surface area contributed by atoms with Crippen molar-refractivity contribution in [1.29, 1.82) is 0 Å². The van der Waals surface area contributed by atoms with Gasteiger partial charge < -0.3 is 80.7 Å². The van der Waals surface area contributed by atoms with E-state index in [1.807, 2.05) is 7.05 Å². The second kappa shape index (κ2) is 21.8. The number of aliphatic imine (C=N–C) groups is 1. The molecule has 3 saturated carbocycles. The summed E-state index contributed by atoms with van der Waals surface area (Å²) in [5.74, 6) is -6.30. The number of hydrogen-bond donors (Lipinski definition) is 10. The minimum absolute atomic E-state index is 0.0524. The van der Waals surface area contributed by atoms with E-state index in [1.54, 1.807) is 30.9 Å². The molecular formula is C46H71N5O14. The number of carbonyl (C=O) groups is 2. The van der Waals surface area contributed by atoms with Gasteiger partial charge in [-0.2, -0.15) is 0 Å². The highest BCUT2D eigenvalue weighted by atomic mass is 16.8. The van der Waals surface area contributed by atoms with Gasteiger partial charge in [0.05, 0.1) is 48.3 Å². The molecule has 1 saturated heterocycles. The Morgan fingerprint density at radius 1 is 1.09 bits per heavy atom. The molecule has 0 radical (unpaired) electrons. The van der Waals surface area contributed by atoms with Crippen molar-refractivity contribution in [1.82, 2.24) is 15.5 Å². The van der Waals surface area contributed by atoms with Crippen LogP contribution in [0.15, 0.2) is 64.7 Å².